The predicted molar refractivity (Wildman–Crippen MR) is 301 cm³/mol. The fraction of sp³-hybridized carbons (Fsp3) is 0.844. The minimum absolute atomic E-state index is 0.0395. The Balaban J connectivity index is 0.895. The van der Waals surface area contributed by atoms with Gasteiger partial charge in [-0.15, -0.1) is 0 Å². The molecule has 1 aliphatic heterocycles. The average Bonchev–Trinajstić information content (AvgIpc) is 3.95. The molecule has 0 spiro atoms. The first-order chi connectivity index (χ1) is 35.0. The maximum absolute atomic E-state index is 13.8. The summed E-state index contributed by atoms with van der Waals surface area (Å²) >= 11 is 0. The van der Waals surface area contributed by atoms with E-state index < -0.39 is 0 Å². The highest BCUT2D eigenvalue weighted by Crippen LogP contribution is 2.67. The molecule has 0 radical (unpaired) electrons. The standard InChI is InChI=1S/C64H110N4O4/c1-8-9-10-11-12-13-14-15-16-17-18-19-20-21-22-27-43-70-49-57(48-68-41-25-23-26-42-68)71-44-28-24-32-54(46-55-47-67(7)50-65-55)66-62(69)72-56-37-39-63(5)53(45-56)33-34-58-60-36-35-59(52(4)31-29-30-51(2)3)64(60,6)40-38-61(58)63/h12-13,15-16,33,47,50-52,54,56-61H,8-11,14,17-32,34-46,48-49H2,1-7H3,(H,66,69)/b13-12-,16-15-/t52-,54-,56+,57?,58+,59-,60+,61+,63+,64-/m1/s1. The normalized spacial score (nSPS) is 27.9. The van der Waals surface area contributed by atoms with Gasteiger partial charge in [0, 0.05) is 51.9 Å². The highest BCUT2D eigenvalue weighted by molar-refractivity contribution is 5.68. The SMILES string of the molecule is CCCCC/C=C\C/C=C\CCCCCCCCOCC(CN1CCCCC1)OCCCC[C@H](Cc1cn(C)cn1)NC(=O)O[C@H]1CC[C@@]2(C)C(=CC[C@H]3[C@@H]4CC[C@H]([C@H](C)CCCC(C)C)[C@@]4(C)CC[C@@H]32)C1. The Morgan fingerprint density at radius 2 is 1.57 bits per heavy atom. The topological polar surface area (TPSA) is 77.9 Å². The molecule has 410 valence electrons. The molecule has 4 aliphatic carbocycles. The quantitative estimate of drug-likeness (QED) is 0.0548. The van der Waals surface area contributed by atoms with Crippen LogP contribution in [0.2, 0.25) is 0 Å². The lowest BCUT2D eigenvalue weighted by atomic mass is 9.47. The summed E-state index contributed by atoms with van der Waals surface area (Å²) < 4.78 is 21.2. The van der Waals surface area contributed by atoms with E-state index in [2.05, 4.69) is 93.3 Å². The van der Waals surface area contributed by atoms with Gasteiger partial charge >= 0.3 is 6.09 Å². The maximum atomic E-state index is 13.8. The molecular weight excluding hydrogens is 889 g/mol. The molecular formula is C64H110N4O4. The lowest BCUT2D eigenvalue weighted by molar-refractivity contribution is -0.0582. The molecule has 1 N–H and O–H groups in total. The van der Waals surface area contributed by atoms with Gasteiger partial charge in [-0.3, -0.25) is 0 Å². The van der Waals surface area contributed by atoms with Crippen molar-refractivity contribution in [2.75, 3.05) is 39.5 Å². The first-order valence-electron chi connectivity index (χ1n) is 30.8. The summed E-state index contributed by atoms with van der Waals surface area (Å²) in [4.78, 5) is 21.0. The number of likely N-dealkylation sites (tertiary alicyclic amines) is 1. The first-order valence-corrected chi connectivity index (χ1v) is 30.8. The first kappa shape index (κ1) is 58.8. The maximum Gasteiger partial charge on any atom is 0.407 e. The fourth-order valence-corrected chi connectivity index (χ4v) is 14.9. The van der Waals surface area contributed by atoms with Crippen LogP contribution < -0.4 is 5.32 Å². The molecule has 5 aliphatic rings. The van der Waals surface area contributed by atoms with Crippen LogP contribution >= 0.6 is 0 Å². The average molecular weight is 1000 g/mol. The fourth-order valence-electron chi connectivity index (χ4n) is 14.9. The molecule has 1 aromatic rings. The van der Waals surface area contributed by atoms with E-state index in [1.807, 2.05) is 17.9 Å². The third-order valence-electron chi connectivity index (χ3n) is 19.1. The van der Waals surface area contributed by atoms with Crippen LogP contribution in [0.25, 0.3) is 0 Å². The molecule has 10 atom stereocenters. The van der Waals surface area contributed by atoms with Crippen molar-refractivity contribution in [2.24, 2.45) is 53.4 Å². The van der Waals surface area contributed by atoms with Crippen molar-refractivity contribution in [2.45, 2.75) is 252 Å². The molecule has 1 unspecified atom stereocenters. The highest BCUT2D eigenvalue weighted by atomic mass is 16.6. The third-order valence-corrected chi connectivity index (χ3v) is 19.1. The van der Waals surface area contributed by atoms with Crippen LogP contribution in [-0.4, -0.2) is 78.2 Å². The van der Waals surface area contributed by atoms with E-state index in [9.17, 15) is 4.79 Å². The second-order valence-electron chi connectivity index (χ2n) is 25.1. The zero-order valence-corrected chi connectivity index (χ0v) is 47.7. The largest absolute Gasteiger partial charge is 0.446 e. The van der Waals surface area contributed by atoms with Gasteiger partial charge in [0.15, 0.2) is 0 Å². The second-order valence-corrected chi connectivity index (χ2v) is 25.1. The van der Waals surface area contributed by atoms with E-state index in [0.29, 0.717) is 25.0 Å². The number of rotatable bonds is 34. The number of nitrogens with zero attached hydrogens (tertiary/aromatic N) is 3. The summed E-state index contributed by atoms with van der Waals surface area (Å²) in [6.45, 7) is 20.4. The minimum Gasteiger partial charge on any atom is -0.446 e. The lowest BCUT2D eigenvalue weighted by Crippen LogP contribution is -2.51. The van der Waals surface area contributed by atoms with Gasteiger partial charge < -0.3 is 29.0 Å². The summed E-state index contributed by atoms with van der Waals surface area (Å²) in [5, 5.41) is 3.34. The van der Waals surface area contributed by atoms with E-state index in [1.54, 1.807) is 5.57 Å². The van der Waals surface area contributed by atoms with Crippen molar-refractivity contribution in [1.82, 2.24) is 19.8 Å². The van der Waals surface area contributed by atoms with Crippen molar-refractivity contribution in [3.8, 4) is 0 Å². The highest BCUT2D eigenvalue weighted by Gasteiger charge is 2.59. The number of amides is 1. The zero-order chi connectivity index (χ0) is 51.0. The van der Waals surface area contributed by atoms with Crippen LogP contribution in [0, 0.1) is 46.3 Å². The number of alkyl carbamates (subject to hydrolysis) is 1. The van der Waals surface area contributed by atoms with E-state index in [0.717, 1.165) is 106 Å². The van der Waals surface area contributed by atoms with Crippen LogP contribution in [-0.2, 0) is 27.7 Å². The summed E-state index contributed by atoms with van der Waals surface area (Å²) in [6, 6.07) is -0.0395. The van der Waals surface area contributed by atoms with Gasteiger partial charge in [0.1, 0.15) is 6.10 Å². The molecule has 2 heterocycles. The van der Waals surface area contributed by atoms with Crippen molar-refractivity contribution in [1.29, 1.82) is 0 Å². The van der Waals surface area contributed by atoms with Crippen molar-refractivity contribution in [3.05, 3.63) is 54.2 Å². The summed E-state index contributed by atoms with van der Waals surface area (Å²) in [5.41, 5.74) is 3.33. The van der Waals surface area contributed by atoms with Crippen LogP contribution in [0.15, 0.2) is 48.5 Å². The van der Waals surface area contributed by atoms with Crippen LogP contribution in [0.5, 0.6) is 0 Å². The molecule has 6 rings (SSSR count). The summed E-state index contributed by atoms with van der Waals surface area (Å²) in [6.07, 6.45) is 52.3. The molecule has 8 heteroatoms. The molecule has 1 saturated heterocycles. The third kappa shape index (κ3) is 18.7. The number of fused-ring (bicyclic) bond motifs is 5. The van der Waals surface area contributed by atoms with Gasteiger partial charge in [-0.1, -0.05) is 142 Å². The van der Waals surface area contributed by atoms with E-state index in [4.69, 9.17) is 14.2 Å². The predicted octanol–water partition coefficient (Wildman–Crippen LogP) is 16.3. The molecule has 4 fully saturated rings. The molecule has 0 bridgehead atoms. The van der Waals surface area contributed by atoms with Crippen molar-refractivity contribution in [3.63, 3.8) is 0 Å². The van der Waals surface area contributed by atoms with Crippen LogP contribution in [0.1, 0.15) is 233 Å². The Morgan fingerprint density at radius 3 is 2.32 bits per heavy atom. The van der Waals surface area contributed by atoms with Crippen LogP contribution in [0.3, 0.4) is 0 Å². The summed E-state index contributed by atoms with van der Waals surface area (Å²) in [5.74, 6) is 4.99. The number of carbonyl (C=O) groups excluding carboxylic acids is 1. The van der Waals surface area contributed by atoms with E-state index >= 15 is 0 Å². The van der Waals surface area contributed by atoms with Gasteiger partial charge in [0.2, 0.25) is 0 Å². The second kappa shape index (κ2) is 31.6. The molecule has 72 heavy (non-hydrogen) atoms. The van der Waals surface area contributed by atoms with Crippen molar-refractivity contribution >= 4 is 6.09 Å². The lowest BCUT2D eigenvalue weighted by Gasteiger charge is -2.58. The number of aryl methyl sites for hydroxylation is 1. The Hall–Kier alpha value is -2.42. The van der Waals surface area contributed by atoms with E-state index in [1.165, 1.54) is 148 Å². The Kier molecular flexibility index (Phi) is 25.8. The number of imidazole rings is 1. The van der Waals surface area contributed by atoms with Gasteiger partial charge in [-0.25, -0.2) is 9.78 Å². The molecule has 1 amide bonds. The number of carbonyl (C=O) groups is 1. The zero-order valence-electron chi connectivity index (χ0n) is 47.7. The van der Waals surface area contributed by atoms with Gasteiger partial charge in [-0.05, 0) is 175 Å². The Bertz CT molecular complexity index is 1750. The van der Waals surface area contributed by atoms with Gasteiger partial charge in [-0.2, -0.15) is 0 Å². The number of allylic oxidation sites excluding steroid dienone is 5. The minimum atomic E-state index is -0.262. The van der Waals surface area contributed by atoms with Gasteiger partial charge in [0.25, 0.3) is 0 Å². The smallest absolute Gasteiger partial charge is 0.407 e. The van der Waals surface area contributed by atoms with Crippen molar-refractivity contribution < 1.29 is 19.0 Å². The Morgan fingerprint density at radius 1 is 0.819 bits per heavy atom. The van der Waals surface area contributed by atoms with E-state index in [-0.39, 0.29) is 29.8 Å². The number of hydrogen-bond acceptors (Lipinski definition) is 6. The Labute approximate surface area is 442 Å². The molecule has 1 aromatic heterocycles. The molecule has 8 nitrogen and oxygen atoms in total. The number of nitrogens with one attached hydrogen (secondary N) is 1. The molecule has 0 aromatic carbocycles. The number of aromatic nitrogens is 2. The van der Waals surface area contributed by atoms with Gasteiger partial charge in [0.05, 0.1) is 24.7 Å². The molecule has 3 saturated carbocycles. The summed E-state index contributed by atoms with van der Waals surface area (Å²) in [7, 11) is 2.01. The monoisotopic (exact) mass is 999 g/mol. The van der Waals surface area contributed by atoms with Crippen LogP contribution in [0.4, 0.5) is 4.79 Å². The number of hydrogen-bond donors (Lipinski definition) is 1. The number of piperidine rings is 1. The number of unbranched alkanes of at least 4 members (excludes halogenated alkanes) is 10. The number of ether oxygens (including phenoxy) is 3.